The molecule has 2 fully saturated rings. The molecule has 2 atom stereocenters. The highest BCUT2D eigenvalue weighted by Gasteiger charge is 2.45. The fourth-order valence-corrected chi connectivity index (χ4v) is 5.61. The van der Waals surface area contributed by atoms with Crippen LogP contribution in [0, 0.1) is 11.8 Å². The molecular weight excluding hydrogens is 240 g/mol. The number of nitrogens with zero attached hydrogens (tertiary/aromatic N) is 1. The number of hydrogen-bond acceptors (Lipinski definition) is 3. The summed E-state index contributed by atoms with van der Waals surface area (Å²) >= 11 is 2.09. The van der Waals surface area contributed by atoms with Gasteiger partial charge in [0.25, 0.3) is 0 Å². The van der Waals surface area contributed by atoms with Crippen LogP contribution in [0.15, 0.2) is 0 Å². The number of nitrogens with two attached hydrogens (primary N) is 1. The lowest BCUT2D eigenvalue weighted by atomic mass is 9.80. The molecule has 1 heterocycles. The molecule has 1 aliphatic carbocycles. The van der Waals surface area contributed by atoms with E-state index in [1.54, 1.807) is 0 Å². The summed E-state index contributed by atoms with van der Waals surface area (Å²) < 4.78 is 0. The average molecular weight is 270 g/mol. The lowest BCUT2D eigenvalue weighted by Crippen LogP contribution is -2.60. The summed E-state index contributed by atoms with van der Waals surface area (Å²) in [6.07, 6.45) is 6.98. The Bertz CT molecular complexity index is 263. The lowest BCUT2D eigenvalue weighted by Gasteiger charge is -2.47. The number of thioether (sulfide) groups is 1. The summed E-state index contributed by atoms with van der Waals surface area (Å²) in [5, 5.41) is 0. The highest BCUT2D eigenvalue weighted by molar-refractivity contribution is 7.99. The molecule has 18 heavy (non-hydrogen) atoms. The lowest BCUT2D eigenvalue weighted by molar-refractivity contribution is 0.0389. The third kappa shape index (κ3) is 2.59. The zero-order chi connectivity index (χ0) is 13.2. The van der Waals surface area contributed by atoms with Crippen LogP contribution in [-0.2, 0) is 0 Å². The van der Waals surface area contributed by atoms with E-state index in [0.29, 0.717) is 0 Å². The minimum Gasteiger partial charge on any atom is -0.329 e. The second kappa shape index (κ2) is 6.15. The monoisotopic (exact) mass is 270 g/mol. The first-order valence-electron chi connectivity index (χ1n) is 7.64. The third-order valence-corrected chi connectivity index (χ3v) is 7.07. The van der Waals surface area contributed by atoms with E-state index in [1.807, 2.05) is 0 Å². The van der Waals surface area contributed by atoms with Gasteiger partial charge in [-0.3, -0.25) is 4.90 Å². The van der Waals surface area contributed by atoms with Gasteiger partial charge in [-0.05, 0) is 50.3 Å². The molecule has 106 valence electrons. The molecule has 1 saturated heterocycles. The third-order valence-electron chi connectivity index (χ3n) is 5.63. The van der Waals surface area contributed by atoms with E-state index in [-0.39, 0.29) is 5.54 Å². The summed E-state index contributed by atoms with van der Waals surface area (Å²) in [7, 11) is 2.34. The van der Waals surface area contributed by atoms with Crippen molar-refractivity contribution in [1.82, 2.24) is 4.90 Å². The molecule has 1 aliphatic heterocycles. The minimum atomic E-state index is 0.272. The Balaban J connectivity index is 2.00. The Labute approximate surface area is 117 Å². The zero-order valence-electron chi connectivity index (χ0n) is 12.3. The first-order chi connectivity index (χ1) is 8.64. The van der Waals surface area contributed by atoms with Crippen LogP contribution < -0.4 is 5.73 Å². The molecular formula is C15H30N2S. The van der Waals surface area contributed by atoms with Gasteiger partial charge in [-0.25, -0.2) is 0 Å². The fourth-order valence-electron chi connectivity index (χ4n) is 3.87. The van der Waals surface area contributed by atoms with Crippen molar-refractivity contribution < 1.29 is 0 Å². The Kier molecular flexibility index (Phi) is 5.01. The molecule has 0 amide bonds. The second-order valence-corrected chi connectivity index (χ2v) is 7.45. The Morgan fingerprint density at radius 1 is 1.28 bits per heavy atom. The largest absolute Gasteiger partial charge is 0.329 e. The van der Waals surface area contributed by atoms with Gasteiger partial charge in [-0.15, -0.1) is 0 Å². The normalized spacial score (nSPS) is 41.5. The molecule has 0 radical (unpaired) electrons. The van der Waals surface area contributed by atoms with E-state index >= 15 is 0 Å². The second-order valence-electron chi connectivity index (χ2n) is 6.42. The summed E-state index contributed by atoms with van der Waals surface area (Å²) in [4.78, 5) is 2.67. The van der Waals surface area contributed by atoms with Gasteiger partial charge in [-0.1, -0.05) is 20.3 Å². The van der Waals surface area contributed by atoms with Crippen LogP contribution in [0.25, 0.3) is 0 Å². The predicted molar refractivity (Wildman–Crippen MR) is 82.1 cm³/mol. The van der Waals surface area contributed by atoms with Crippen LogP contribution in [0.4, 0.5) is 0 Å². The Morgan fingerprint density at radius 2 is 1.94 bits per heavy atom. The molecule has 0 aromatic carbocycles. The molecule has 2 N–H and O–H groups in total. The maximum Gasteiger partial charge on any atom is 0.0455 e. The van der Waals surface area contributed by atoms with Gasteiger partial charge in [0.2, 0.25) is 0 Å². The van der Waals surface area contributed by atoms with Gasteiger partial charge in [-0.2, -0.15) is 11.8 Å². The van der Waals surface area contributed by atoms with Crippen LogP contribution in [0.1, 0.15) is 46.0 Å². The Morgan fingerprint density at radius 3 is 2.39 bits per heavy atom. The highest BCUT2D eigenvalue weighted by atomic mass is 32.2. The molecule has 3 heteroatoms. The maximum absolute atomic E-state index is 6.17. The topological polar surface area (TPSA) is 29.3 Å². The minimum absolute atomic E-state index is 0.272. The van der Waals surface area contributed by atoms with Crippen LogP contribution >= 0.6 is 11.8 Å². The molecule has 0 aromatic heterocycles. The van der Waals surface area contributed by atoms with E-state index < -0.39 is 0 Å². The van der Waals surface area contributed by atoms with Gasteiger partial charge in [0, 0.05) is 23.9 Å². The van der Waals surface area contributed by atoms with Crippen molar-refractivity contribution >= 4 is 11.8 Å². The molecule has 0 bridgehead atoms. The van der Waals surface area contributed by atoms with Crippen molar-refractivity contribution in [3.8, 4) is 0 Å². The van der Waals surface area contributed by atoms with Crippen molar-refractivity contribution in [2.24, 2.45) is 17.6 Å². The fraction of sp³-hybridized carbons (Fsp3) is 1.00. The first-order valence-corrected chi connectivity index (χ1v) is 8.80. The van der Waals surface area contributed by atoms with Crippen LogP contribution in [-0.4, -0.2) is 41.6 Å². The molecule has 0 spiro atoms. The molecule has 1 saturated carbocycles. The van der Waals surface area contributed by atoms with E-state index in [0.717, 1.165) is 24.4 Å². The summed E-state index contributed by atoms with van der Waals surface area (Å²) in [5.41, 5.74) is 6.44. The summed E-state index contributed by atoms with van der Waals surface area (Å²) in [6, 6.07) is 0.775. The average Bonchev–Trinajstić information content (AvgIpc) is 2.80. The predicted octanol–water partition coefficient (Wildman–Crippen LogP) is 2.97. The number of rotatable bonds is 4. The van der Waals surface area contributed by atoms with Gasteiger partial charge < -0.3 is 5.73 Å². The first kappa shape index (κ1) is 14.7. The Hall–Kier alpha value is 0.270. The summed E-state index contributed by atoms with van der Waals surface area (Å²) in [6.45, 7) is 5.55. The van der Waals surface area contributed by atoms with E-state index in [9.17, 15) is 0 Å². The highest BCUT2D eigenvalue weighted by Crippen LogP contribution is 2.40. The standard InChI is InChI=1S/C15H30N2S/c1-4-13-5-7-14(8-6-13)17(3)15(10-16)11-18-9-12(15)2/h12-14H,4-11,16H2,1-3H3. The molecule has 2 unspecified atom stereocenters. The van der Waals surface area contributed by atoms with Crippen molar-refractivity contribution in [3.05, 3.63) is 0 Å². The van der Waals surface area contributed by atoms with E-state index in [4.69, 9.17) is 5.73 Å². The quantitative estimate of drug-likeness (QED) is 0.851. The van der Waals surface area contributed by atoms with Crippen molar-refractivity contribution in [2.45, 2.75) is 57.5 Å². The van der Waals surface area contributed by atoms with Crippen LogP contribution in [0.2, 0.25) is 0 Å². The van der Waals surface area contributed by atoms with Gasteiger partial charge in [0.15, 0.2) is 0 Å². The number of likely N-dealkylation sites (N-methyl/N-ethyl adjacent to an activating group) is 1. The van der Waals surface area contributed by atoms with Crippen molar-refractivity contribution in [1.29, 1.82) is 0 Å². The SMILES string of the molecule is CCC1CCC(N(C)C2(CN)CSCC2C)CC1. The van der Waals surface area contributed by atoms with Gasteiger partial charge in [0.05, 0.1) is 0 Å². The van der Waals surface area contributed by atoms with Gasteiger partial charge >= 0.3 is 0 Å². The molecule has 2 aliphatic rings. The van der Waals surface area contributed by atoms with Crippen molar-refractivity contribution in [3.63, 3.8) is 0 Å². The molecule has 0 aromatic rings. The van der Waals surface area contributed by atoms with Crippen molar-refractivity contribution in [2.75, 3.05) is 25.1 Å². The maximum atomic E-state index is 6.17. The van der Waals surface area contributed by atoms with E-state index in [1.165, 1.54) is 43.6 Å². The van der Waals surface area contributed by atoms with Gasteiger partial charge in [0.1, 0.15) is 0 Å². The van der Waals surface area contributed by atoms with Crippen LogP contribution in [0.3, 0.4) is 0 Å². The van der Waals surface area contributed by atoms with Crippen LogP contribution in [0.5, 0.6) is 0 Å². The smallest absolute Gasteiger partial charge is 0.0455 e. The number of hydrogen-bond donors (Lipinski definition) is 1. The van der Waals surface area contributed by atoms with E-state index in [2.05, 4.69) is 37.6 Å². The summed E-state index contributed by atoms with van der Waals surface area (Å²) in [5.74, 6) is 4.24. The molecule has 2 rings (SSSR count). The molecule has 2 nitrogen and oxygen atoms in total. The zero-order valence-corrected chi connectivity index (χ0v) is 13.1.